The van der Waals surface area contributed by atoms with Gasteiger partial charge < -0.3 is 15.1 Å². The lowest BCUT2D eigenvalue weighted by Gasteiger charge is -2.42. The molecule has 2 N–H and O–H groups in total. The number of hydrogen-bond donors (Lipinski definition) is 2. The number of thioether (sulfide) groups is 1. The van der Waals surface area contributed by atoms with Gasteiger partial charge >= 0.3 is 11.9 Å². The lowest BCUT2D eigenvalue weighted by atomic mass is 9.79. The molecule has 1 spiro atoms. The van der Waals surface area contributed by atoms with Crippen molar-refractivity contribution in [2.45, 2.75) is 37.6 Å². The Labute approximate surface area is 218 Å². The number of halogens is 2. The zero-order valence-electron chi connectivity index (χ0n) is 17.6. The second-order valence-electron chi connectivity index (χ2n) is 7.77. The van der Waals surface area contributed by atoms with E-state index in [0.29, 0.717) is 27.4 Å². The number of anilines is 1. The number of aromatic carboxylic acids is 1. The third-order valence-electron chi connectivity index (χ3n) is 5.66. The molecule has 33 heavy (non-hydrogen) atoms. The third-order valence-corrected chi connectivity index (χ3v) is 6.83. The van der Waals surface area contributed by atoms with E-state index in [0.717, 1.165) is 43.9 Å². The Morgan fingerprint density at radius 3 is 2.42 bits per heavy atom. The van der Waals surface area contributed by atoms with Gasteiger partial charge in [0.1, 0.15) is 5.54 Å². The van der Waals surface area contributed by atoms with Gasteiger partial charge in [0.25, 0.3) is 0 Å². The van der Waals surface area contributed by atoms with Gasteiger partial charge in [-0.25, -0.2) is 14.8 Å². The highest BCUT2D eigenvalue weighted by Gasteiger charge is 2.50. The highest BCUT2D eigenvalue weighted by Crippen LogP contribution is 2.44. The Hall–Kier alpha value is -2.11. The Morgan fingerprint density at radius 2 is 1.79 bits per heavy atom. The number of carboxylic acid groups (broad SMARTS) is 2. The Bertz CT molecular complexity index is 1100. The summed E-state index contributed by atoms with van der Waals surface area (Å²) >= 11 is 7.14. The minimum Gasteiger partial charge on any atom is -0.481 e. The van der Waals surface area contributed by atoms with Crippen molar-refractivity contribution in [1.29, 1.82) is 0 Å². The summed E-state index contributed by atoms with van der Waals surface area (Å²) in [5, 5.41) is 19.9. The Balaban J connectivity index is 0.00000306. The van der Waals surface area contributed by atoms with Crippen molar-refractivity contribution in [2.75, 3.05) is 10.7 Å². The van der Waals surface area contributed by atoms with Crippen LogP contribution in [0.2, 0.25) is 5.02 Å². The van der Waals surface area contributed by atoms with E-state index in [1.807, 2.05) is 23.1 Å². The Kier molecular flexibility index (Phi) is 8.41. The maximum atomic E-state index is 11.6. The molecule has 2 aromatic rings. The zero-order valence-corrected chi connectivity index (χ0v) is 21.5. The van der Waals surface area contributed by atoms with Gasteiger partial charge in [0.15, 0.2) is 11.0 Å². The quantitative estimate of drug-likeness (QED) is 0.404. The largest absolute Gasteiger partial charge is 0.481 e. The summed E-state index contributed by atoms with van der Waals surface area (Å²) in [5.74, 6) is -1.50. The maximum absolute atomic E-state index is 11.6. The molecule has 0 bridgehead atoms. The first-order valence-electron chi connectivity index (χ1n) is 10.3. The van der Waals surface area contributed by atoms with Gasteiger partial charge in [-0.1, -0.05) is 48.7 Å². The standard InChI is InChI=1S/C23H22ClN3O4S.HI/c24-16-7-9-17(10-8-16)25-21-23(11-2-1-3-12-23)27(22(26-21)32-14-19(28)29)18-6-4-5-15(13-18)20(30)31;/h4-10,13H,1-3,11-12,14H2,(H,28,29)(H,30,31);1H. The number of carbonyl (C=O) groups is 2. The molecule has 1 aliphatic carbocycles. The molecule has 1 heterocycles. The average molecular weight is 600 g/mol. The first-order valence-corrected chi connectivity index (χ1v) is 11.7. The van der Waals surface area contributed by atoms with Crippen LogP contribution in [0.3, 0.4) is 0 Å². The fourth-order valence-electron chi connectivity index (χ4n) is 4.24. The summed E-state index contributed by atoms with van der Waals surface area (Å²) in [6.07, 6.45) is 4.62. The molecule has 0 radical (unpaired) electrons. The molecule has 2 aliphatic rings. The van der Waals surface area contributed by atoms with Crippen LogP contribution in [0.5, 0.6) is 0 Å². The summed E-state index contributed by atoms with van der Waals surface area (Å²) in [4.78, 5) is 34.5. The summed E-state index contributed by atoms with van der Waals surface area (Å²) in [7, 11) is 0. The molecule has 0 amide bonds. The van der Waals surface area contributed by atoms with E-state index in [-0.39, 0.29) is 35.3 Å². The number of aliphatic carboxylic acids is 1. The Morgan fingerprint density at radius 1 is 1.09 bits per heavy atom. The van der Waals surface area contributed by atoms with Crippen LogP contribution in [0.1, 0.15) is 42.5 Å². The van der Waals surface area contributed by atoms with Crippen LogP contribution in [0.4, 0.5) is 11.4 Å². The number of aliphatic imine (C=N–C) groups is 2. The highest BCUT2D eigenvalue weighted by atomic mass is 127. The molecule has 1 saturated carbocycles. The molecule has 0 atom stereocenters. The number of rotatable bonds is 5. The normalized spacial score (nSPS) is 18.2. The van der Waals surface area contributed by atoms with E-state index in [4.69, 9.17) is 21.6 Å². The average Bonchev–Trinajstić information content (AvgIpc) is 3.06. The van der Waals surface area contributed by atoms with Gasteiger partial charge in [0.05, 0.1) is 17.0 Å². The van der Waals surface area contributed by atoms with Crippen molar-refractivity contribution in [3.05, 3.63) is 59.1 Å². The van der Waals surface area contributed by atoms with Crippen molar-refractivity contribution in [3.8, 4) is 0 Å². The van der Waals surface area contributed by atoms with Crippen LogP contribution >= 0.6 is 47.3 Å². The van der Waals surface area contributed by atoms with Crippen LogP contribution in [0, 0.1) is 0 Å². The summed E-state index contributed by atoms with van der Waals surface area (Å²) in [6, 6.07) is 13.9. The van der Waals surface area contributed by atoms with E-state index >= 15 is 0 Å². The van der Waals surface area contributed by atoms with E-state index < -0.39 is 17.5 Å². The number of nitrogens with zero attached hydrogens (tertiary/aromatic N) is 3. The van der Waals surface area contributed by atoms with Gasteiger partial charge in [-0.05, 0) is 55.3 Å². The van der Waals surface area contributed by atoms with Crippen LogP contribution in [-0.2, 0) is 4.79 Å². The van der Waals surface area contributed by atoms with Crippen molar-refractivity contribution in [2.24, 2.45) is 9.98 Å². The zero-order chi connectivity index (χ0) is 22.7. The molecule has 2 aromatic carbocycles. The molecule has 7 nitrogen and oxygen atoms in total. The first-order chi connectivity index (χ1) is 15.4. The lowest BCUT2D eigenvalue weighted by molar-refractivity contribution is -0.133. The lowest BCUT2D eigenvalue weighted by Crippen LogP contribution is -2.53. The molecule has 174 valence electrons. The number of carboxylic acids is 2. The van der Waals surface area contributed by atoms with E-state index in [1.54, 1.807) is 30.3 Å². The topological polar surface area (TPSA) is 103 Å². The molecule has 0 unspecified atom stereocenters. The predicted molar refractivity (Wildman–Crippen MR) is 143 cm³/mol. The van der Waals surface area contributed by atoms with Gasteiger partial charge in [-0.3, -0.25) is 4.79 Å². The molecule has 10 heteroatoms. The van der Waals surface area contributed by atoms with Crippen LogP contribution < -0.4 is 4.90 Å². The van der Waals surface area contributed by atoms with E-state index in [2.05, 4.69) is 0 Å². The molecule has 4 rings (SSSR count). The van der Waals surface area contributed by atoms with Crippen molar-refractivity contribution in [1.82, 2.24) is 0 Å². The maximum Gasteiger partial charge on any atom is 0.335 e. The SMILES string of the molecule is I.O=C(O)CSC1=NC(=Nc2ccc(Cl)cc2)C2(CCCCC2)N1c1cccc(C(=O)O)c1. The minimum atomic E-state index is -1.02. The van der Waals surface area contributed by atoms with E-state index in [1.165, 1.54) is 0 Å². The second-order valence-corrected chi connectivity index (χ2v) is 9.15. The second kappa shape index (κ2) is 10.9. The first kappa shape index (κ1) is 25.5. The smallest absolute Gasteiger partial charge is 0.335 e. The summed E-state index contributed by atoms with van der Waals surface area (Å²) in [6.45, 7) is 0. The van der Waals surface area contributed by atoms with Gasteiger partial charge in [-0.2, -0.15) is 0 Å². The monoisotopic (exact) mass is 599 g/mol. The number of amidine groups is 2. The van der Waals surface area contributed by atoms with Crippen LogP contribution in [0.25, 0.3) is 0 Å². The van der Waals surface area contributed by atoms with Crippen LogP contribution in [0.15, 0.2) is 58.5 Å². The molecule has 1 fully saturated rings. The van der Waals surface area contributed by atoms with Gasteiger partial charge in [0.2, 0.25) is 0 Å². The molecule has 0 aromatic heterocycles. The summed E-state index contributed by atoms with van der Waals surface area (Å²) < 4.78 is 0. The minimum absolute atomic E-state index is 0. The number of hydrogen-bond acceptors (Lipinski definition) is 5. The molecular weight excluding hydrogens is 577 g/mol. The number of benzene rings is 2. The third kappa shape index (κ3) is 5.52. The van der Waals surface area contributed by atoms with Gasteiger partial charge in [-0.15, -0.1) is 24.0 Å². The van der Waals surface area contributed by atoms with Gasteiger partial charge in [0, 0.05) is 10.7 Å². The van der Waals surface area contributed by atoms with Crippen molar-refractivity contribution >= 4 is 81.7 Å². The molecule has 1 aliphatic heterocycles. The van der Waals surface area contributed by atoms with E-state index in [9.17, 15) is 19.8 Å². The van der Waals surface area contributed by atoms with Crippen LogP contribution in [-0.4, -0.2) is 44.4 Å². The van der Waals surface area contributed by atoms with Crippen molar-refractivity contribution < 1.29 is 19.8 Å². The molecule has 0 saturated heterocycles. The fourth-order valence-corrected chi connectivity index (χ4v) is 5.18. The highest BCUT2D eigenvalue weighted by molar-refractivity contribution is 14.0. The fraction of sp³-hybridized carbons (Fsp3) is 0.304. The summed E-state index contributed by atoms with van der Waals surface area (Å²) in [5.41, 5.74) is 0.987. The molecular formula is C23H23ClIN3O4S. The van der Waals surface area contributed by atoms with Crippen molar-refractivity contribution in [3.63, 3.8) is 0 Å². The predicted octanol–water partition coefficient (Wildman–Crippen LogP) is 6.08.